The van der Waals surface area contributed by atoms with Crippen LogP contribution in [-0.4, -0.2) is 28.0 Å². The van der Waals surface area contributed by atoms with Gasteiger partial charge in [0.1, 0.15) is 6.04 Å². The molecule has 0 aliphatic rings. The molecule has 1 aromatic carbocycles. The van der Waals surface area contributed by atoms with Crippen molar-refractivity contribution in [2.45, 2.75) is 46.1 Å². The summed E-state index contributed by atoms with van der Waals surface area (Å²) in [6.07, 6.45) is 2.77. The smallest absolute Gasteiger partial charge is 0.326 e. The molecule has 1 heterocycles. The second-order valence-electron chi connectivity index (χ2n) is 6.25. The average Bonchev–Trinajstić information content (AvgIpc) is 3.06. The monoisotopic (exact) mass is 344 g/mol. The van der Waals surface area contributed by atoms with Gasteiger partial charge in [0, 0.05) is 18.4 Å². The number of carboxylic acid groups (broad SMARTS) is 1. The van der Waals surface area contributed by atoms with Crippen molar-refractivity contribution in [3.63, 3.8) is 0 Å². The van der Waals surface area contributed by atoms with E-state index in [2.05, 4.69) is 10.3 Å². The molecule has 0 aliphatic carbocycles. The summed E-state index contributed by atoms with van der Waals surface area (Å²) in [6, 6.07) is 7.02. The lowest BCUT2D eigenvalue weighted by molar-refractivity contribution is -0.143. The lowest BCUT2D eigenvalue weighted by Crippen LogP contribution is -2.45. The van der Waals surface area contributed by atoms with E-state index in [4.69, 9.17) is 4.42 Å². The number of aliphatic carboxylic acids is 1. The van der Waals surface area contributed by atoms with Crippen LogP contribution in [0.5, 0.6) is 0 Å². The van der Waals surface area contributed by atoms with Crippen LogP contribution in [0.25, 0.3) is 11.3 Å². The number of aryl methyl sites for hydroxylation is 2. The molecular formula is C19H24N2O4. The number of hydrogen-bond acceptors (Lipinski definition) is 4. The number of benzene rings is 1. The van der Waals surface area contributed by atoms with Crippen molar-refractivity contribution >= 4 is 11.9 Å². The molecule has 25 heavy (non-hydrogen) atoms. The van der Waals surface area contributed by atoms with Crippen LogP contribution in [0, 0.1) is 12.8 Å². The summed E-state index contributed by atoms with van der Waals surface area (Å²) >= 11 is 0. The van der Waals surface area contributed by atoms with Gasteiger partial charge in [0.2, 0.25) is 5.91 Å². The Morgan fingerprint density at radius 3 is 2.56 bits per heavy atom. The quantitative estimate of drug-likeness (QED) is 0.767. The van der Waals surface area contributed by atoms with Gasteiger partial charge in [-0.1, -0.05) is 50.1 Å². The van der Waals surface area contributed by atoms with Gasteiger partial charge in [-0.25, -0.2) is 9.78 Å². The van der Waals surface area contributed by atoms with Crippen LogP contribution in [-0.2, 0) is 16.0 Å². The Balaban J connectivity index is 1.92. The number of rotatable bonds is 8. The minimum absolute atomic E-state index is 0.128. The number of oxazole rings is 1. The van der Waals surface area contributed by atoms with Crippen LogP contribution in [0.15, 0.2) is 34.9 Å². The Labute approximate surface area is 147 Å². The maximum absolute atomic E-state index is 12.0. The topological polar surface area (TPSA) is 92.4 Å². The summed E-state index contributed by atoms with van der Waals surface area (Å²) in [6.45, 7) is 5.71. The van der Waals surface area contributed by atoms with E-state index in [9.17, 15) is 14.7 Å². The third kappa shape index (κ3) is 5.17. The van der Waals surface area contributed by atoms with E-state index < -0.39 is 12.0 Å². The van der Waals surface area contributed by atoms with Gasteiger partial charge in [0.05, 0.1) is 6.20 Å². The highest BCUT2D eigenvalue weighted by molar-refractivity contribution is 5.83. The minimum atomic E-state index is -1.01. The van der Waals surface area contributed by atoms with E-state index in [1.54, 1.807) is 13.1 Å². The van der Waals surface area contributed by atoms with E-state index in [1.165, 1.54) is 0 Å². The number of carbonyl (C=O) groups is 2. The predicted molar refractivity (Wildman–Crippen MR) is 94.0 cm³/mol. The van der Waals surface area contributed by atoms with Crippen molar-refractivity contribution in [2.75, 3.05) is 0 Å². The Morgan fingerprint density at radius 1 is 1.28 bits per heavy atom. The molecule has 0 saturated carbocycles. The molecule has 0 bridgehead atoms. The molecule has 2 aromatic rings. The molecule has 0 aliphatic heterocycles. The fourth-order valence-corrected chi connectivity index (χ4v) is 2.43. The molecule has 2 rings (SSSR count). The Morgan fingerprint density at radius 2 is 1.96 bits per heavy atom. The summed E-state index contributed by atoms with van der Waals surface area (Å²) in [5.41, 5.74) is 2.09. The molecular weight excluding hydrogens is 320 g/mol. The summed E-state index contributed by atoms with van der Waals surface area (Å²) in [5, 5.41) is 11.8. The van der Waals surface area contributed by atoms with E-state index in [0.29, 0.717) is 24.5 Å². The second-order valence-corrected chi connectivity index (χ2v) is 6.25. The summed E-state index contributed by atoms with van der Waals surface area (Å²) < 4.78 is 5.67. The van der Waals surface area contributed by atoms with Crippen LogP contribution in [0.4, 0.5) is 0 Å². The largest absolute Gasteiger partial charge is 0.480 e. The lowest BCUT2D eigenvalue weighted by Gasteiger charge is -2.19. The van der Waals surface area contributed by atoms with E-state index in [0.717, 1.165) is 11.1 Å². The zero-order valence-corrected chi connectivity index (χ0v) is 14.8. The summed E-state index contributed by atoms with van der Waals surface area (Å²) in [5.74, 6) is -0.348. The van der Waals surface area contributed by atoms with E-state index >= 15 is 0 Å². The van der Waals surface area contributed by atoms with Gasteiger partial charge in [-0.2, -0.15) is 0 Å². The molecule has 1 amide bonds. The molecule has 0 unspecified atom stereocenters. The van der Waals surface area contributed by atoms with Crippen molar-refractivity contribution in [3.05, 3.63) is 41.9 Å². The summed E-state index contributed by atoms with van der Waals surface area (Å²) in [7, 11) is 0. The second kappa shape index (κ2) is 8.46. The highest BCUT2D eigenvalue weighted by atomic mass is 16.4. The molecule has 1 aromatic heterocycles. The molecule has 6 heteroatoms. The Hall–Kier alpha value is -2.63. The van der Waals surface area contributed by atoms with Gasteiger partial charge in [0.25, 0.3) is 0 Å². The number of carboxylic acids is 1. The maximum atomic E-state index is 12.0. The van der Waals surface area contributed by atoms with Gasteiger partial charge in [-0.15, -0.1) is 0 Å². The highest BCUT2D eigenvalue weighted by Gasteiger charge is 2.25. The van der Waals surface area contributed by atoms with Crippen molar-refractivity contribution in [1.82, 2.24) is 10.3 Å². The highest BCUT2D eigenvalue weighted by Crippen LogP contribution is 2.21. The average molecular weight is 344 g/mol. The van der Waals surface area contributed by atoms with E-state index in [-0.39, 0.29) is 18.2 Å². The minimum Gasteiger partial charge on any atom is -0.480 e. The number of carbonyl (C=O) groups excluding carboxylic acids is 1. The Kier molecular flexibility index (Phi) is 6.33. The first-order valence-corrected chi connectivity index (χ1v) is 8.44. The van der Waals surface area contributed by atoms with Crippen LogP contribution in [0.1, 0.15) is 38.1 Å². The fourth-order valence-electron chi connectivity index (χ4n) is 2.43. The van der Waals surface area contributed by atoms with Gasteiger partial charge in [0.15, 0.2) is 11.7 Å². The molecule has 2 atom stereocenters. The van der Waals surface area contributed by atoms with Gasteiger partial charge in [-0.05, 0) is 12.8 Å². The fraction of sp³-hybridized carbons (Fsp3) is 0.421. The molecule has 6 nitrogen and oxygen atoms in total. The van der Waals surface area contributed by atoms with Crippen LogP contribution >= 0.6 is 0 Å². The molecule has 134 valence electrons. The maximum Gasteiger partial charge on any atom is 0.326 e. The molecule has 0 fully saturated rings. The van der Waals surface area contributed by atoms with Gasteiger partial charge in [-0.3, -0.25) is 4.79 Å². The standard InChI is InChI=1S/C19H24N2O4/c1-4-13(3)18(19(23)24)21-16(22)9-10-17-20-11-15(25-17)14-7-5-12(2)6-8-14/h5-8,11,13,18H,4,9-10H2,1-3H3,(H,21,22)(H,23,24)/t13-,18-/m0/s1. The van der Waals surface area contributed by atoms with Crippen LogP contribution < -0.4 is 5.32 Å². The SMILES string of the molecule is CC[C@H](C)[C@H](NC(=O)CCc1ncc(-c2ccc(C)cc2)o1)C(=O)O. The third-order valence-electron chi connectivity index (χ3n) is 4.25. The number of hydrogen-bond donors (Lipinski definition) is 2. The number of nitrogens with one attached hydrogen (secondary N) is 1. The van der Waals surface area contributed by atoms with Crippen molar-refractivity contribution in [1.29, 1.82) is 0 Å². The third-order valence-corrected chi connectivity index (χ3v) is 4.25. The molecule has 0 saturated heterocycles. The van der Waals surface area contributed by atoms with Gasteiger partial charge < -0.3 is 14.8 Å². The number of amides is 1. The zero-order chi connectivity index (χ0) is 18.4. The molecule has 0 radical (unpaired) electrons. The lowest BCUT2D eigenvalue weighted by atomic mass is 9.99. The first kappa shape index (κ1) is 18.7. The van der Waals surface area contributed by atoms with Crippen molar-refractivity contribution in [2.24, 2.45) is 5.92 Å². The van der Waals surface area contributed by atoms with Gasteiger partial charge >= 0.3 is 5.97 Å². The van der Waals surface area contributed by atoms with E-state index in [1.807, 2.05) is 38.1 Å². The zero-order valence-electron chi connectivity index (χ0n) is 14.8. The van der Waals surface area contributed by atoms with Crippen LogP contribution in [0.3, 0.4) is 0 Å². The van der Waals surface area contributed by atoms with Crippen LogP contribution in [0.2, 0.25) is 0 Å². The number of nitrogens with zero attached hydrogens (tertiary/aromatic N) is 1. The molecule has 0 spiro atoms. The molecule has 2 N–H and O–H groups in total. The van der Waals surface area contributed by atoms with Crippen molar-refractivity contribution in [3.8, 4) is 11.3 Å². The summed E-state index contributed by atoms with van der Waals surface area (Å²) in [4.78, 5) is 27.5. The first-order chi connectivity index (χ1) is 11.9. The normalized spacial score (nSPS) is 13.2. The first-order valence-electron chi connectivity index (χ1n) is 8.44. The Bertz CT molecular complexity index is 721. The van der Waals surface area contributed by atoms with Crippen molar-refractivity contribution < 1.29 is 19.1 Å². The number of aromatic nitrogens is 1. The predicted octanol–water partition coefficient (Wildman–Crippen LogP) is 3.20.